The van der Waals surface area contributed by atoms with Gasteiger partial charge >= 0.3 is 5.97 Å². The first-order chi connectivity index (χ1) is 9.10. The third-order valence-electron chi connectivity index (χ3n) is 3.44. The maximum absolute atomic E-state index is 12.0. The number of carboxylic acids is 1. The summed E-state index contributed by atoms with van der Waals surface area (Å²) in [6.07, 6.45) is 1.51. The molecule has 3 unspecified atom stereocenters. The molecule has 1 aliphatic rings. The molecule has 0 aromatic rings. The zero-order valence-corrected chi connectivity index (χ0v) is 11.6. The standard InChI is InChI=1S/C13H24N2O4/c1-3-5-14-11-8-19-7-10(11)12(16)15-6-9(4-2)13(17)18/h9-11,14H,3-8H2,1-2H3,(H,15,16)(H,17,18). The highest BCUT2D eigenvalue weighted by molar-refractivity contribution is 5.80. The average molecular weight is 272 g/mol. The summed E-state index contributed by atoms with van der Waals surface area (Å²) in [6, 6.07) is 0.0323. The van der Waals surface area contributed by atoms with Crippen molar-refractivity contribution in [2.24, 2.45) is 11.8 Å². The molecule has 6 nitrogen and oxygen atoms in total. The van der Waals surface area contributed by atoms with Crippen molar-refractivity contribution in [3.8, 4) is 0 Å². The van der Waals surface area contributed by atoms with Crippen LogP contribution in [0.3, 0.4) is 0 Å². The van der Waals surface area contributed by atoms with Gasteiger partial charge in [-0.1, -0.05) is 13.8 Å². The second-order valence-corrected chi connectivity index (χ2v) is 4.89. The van der Waals surface area contributed by atoms with Gasteiger partial charge in [0.05, 0.1) is 25.0 Å². The van der Waals surface area contributed by atoms with Crippen LogP contribution >= 0.6 is 0 Å². The summed E-state index contributed by atoms with van der Waals surface area (Å²) in [4.78, 5) is 22.9. The lowest BCUT2D eigenvalue weighted by Gasteiger charge is -2.19. The molecule has 0 bridgehead atoms. The second-order valence-electron chi connectivity index (χ2n) is 4.89. The molecule has 1 aliphatic heterocycles. The number of carbonyl (C=O) groups is 2. The van der Waals surface area contributed by atoms with Crippen molar-refractivity contribution in [1.29, 1.82) is 0 Å². The van der Waals surface area contributed by atoms with E-state index < -0.39 is 11.9 Å². The largest absolute Gasteiger partial charge is 0.481 e. The van der Waals surface area contributed by atoms with E-state index in [0.717, 1.165) is 13.0 Å². The summed E-state index contributed by atoms with van der Waals surface area (Å²) < 4.78 is 5.33. The molecular formula is C13H24N2O4. The van der Waals surface area contributed by atoms with E-state index in [2.05, 4.69) is 17.6 Å². The summed E-state index contributed by atoms with van der Waals surface area (Å²) in [6.45, 7) is 5.84. The van der Waals surface area contributed by atoms with Crippen LogP contribution in [0.15, 0.2) is 0 Å². The van der Waals surface area contributed by atoms with E-state index in [0.29, 0.717) is 19.6 Å². The topological polar surface area (TPSA) is 87.7 Å². The number of carboxylic acid groups (broad SMARTS) is 1. The molecule has 1 rings (SSSR count). The van der Waals surface area contributed by atoms with Crippen LogP contribution in [-0.2, 0) is 14.3 Å². The van der Waals surface area contributed by atoms with E-state index in [1.807, 2.05) is 0 Å². The Labute approximate surface area is 113 Å². The minimum Gasteiger partial charge on any atom is -0.481 e. The van der Waals surface area contributed by atoms with Crippen molar-refractivity contribution >= 4 is 11.9 Å². The lowest BCUT2D eigenvalue weighted by atomic mass is 10.0. The van der Waals surface area contributed by atoms with Crippen molar-refractivity contribution < 1.29 is 19.4 Å². The van der Waals surface area contributed by atoms with Gasteiger partial charge in [-0.05, 0) is 19.4 Å². The van der Waals surface area contributed by atoms with Crippen molar-refractivity contribution in [2.75, 3.05) is 26.3 Å². The molecule has 0 aromatic carbocycles. The predicted octanol–water partition coefficient (Wildman–Crippen LogP) is 0.228. The molecule has 1 amide bonds. The molecule has 3 N–H and O–H groups in total. The fraction of sp³-hybridized carbons (Fsp3) is 0.846. The summed E-state index contributed by atoms with van der Waals surface area (Å²) >= 11 is 0. The van der Waals surface area contributed by atoms with Gasteiger partial charge in [0.15, 0.2) is 0 Å². The van der Waals surface area contributed by atoms with Crippen molar-refractivity contribution in [1.82, 2.24) is 10.6 Å². The molecule has 1 saturated heterocycles. The molecular weight excluding hydrogens is 248 g/mol. The number of amides is 1. The number of hydrogen-bond acceptors (Lipinski definition) is 4. The number of ether oxygens (including phenoxy) is 1. The van der Waals surface area contributed by atoms with Gasteiger partial charge in [-0.3, -0.25) is 9.59 Å². The SMILES string of the molecule is CCCNC1COCC1C(=O)NCC(CC)C(=O)O. The van der Waals surface area contributed by atoms with E-state index in [4.69, 9.17) is 9.84 Å². The Morgan fingerprint density at radius 2 is 2.11 bits per heavy atom. The van der Waals surface area contributed by atoms with E-state index in [1.165, 1.54) is 0 Å². The maximum Gasteiger partial charge on any atom is 0.308 e. The van der Waals surface area contributed by atoms with Crippen molar-refractivity contribution in [3.05, 3.63) is 0 Å². The first kappa shape index (κ1) is 15.9. The van der Waals surface area contributed by atoms with Crippen LogP contribution in [0.5, 0.6) is 0 Å². The number of nitrogens with one attached hydrogen (secondary N) is 2. The molecule has 0 aliphatic carbocycles. The Hall–Kier alpha value is -1.14. The second kappa shape index (κ2) is 8.12. The molecule has 3 atom stereocenters. The lowest BCUT2D eigenvalue weighted by Crippen LogP contribution is -2.45. The number of aliphatic carboxylic acids is 1. The van der Waals surface area contributed by atoms with Crippen molar-refractivity contribution in [3.63, 3.8) is 0 Å². The number of hydrogen-bond donors (Lipinski definition) is 3. The van der Waals surface area contributed by atoms with Crippen LogP contribution in [0.2, 0.25) is 0 Å². The van der Waals surface area contributed by atoms with Gasteiger partial charge in [0.2, 0.25) is 5.91 Å². The van der Waals surface area contributed by atoms with E-state index >= 15 is 0 Å². The van der Waals surface area contributed by atoms with Crippen LogP contribution < -0.4 is 10.6 Å². The van der Waals surface area contributed by atoms with E-state index in [9.17, 15) is 9.59 Å². The Bertz CT molecular complexity index is 309. The summed E-state index contributed by atoms with van der Waals surface area (Å²) in [5.41, 5.74) is 0. The molecule has 110 valence electrons. The Morgan fingerprint density at radius 1 is 1.37 bits per heavy atom. The minimum absolute atomic E-state index is 0.0323. The van der Waals surface area contributed by atoms with Gasteiger partial charge in [-0.25, -0.2) is 0 Å². The van der Waals surface area contributed by atoms with Crippen molar-refractivity contribution in [2.45, 2.75) is 32.7 Å². The normalized spacial score (nSPS) is 24.1. The fourth-order valence-electron chi connectivity index (χ4n) is 2.10. The molecule has 1 heterocycles. The Kier molecular flexibility index (Phi) is 6.80. The van der Waals surface area contributed by atoms with Gasteiger partial charge in [-0.2, -0.15) is 0 Å². The van der Waals surface area contributed by atoms with Gasteiger partial charge in [0, 0.05) is 12.6 Å². The Morgan fingerprint density at radius 3 is 2.68 bits per heavy atom. The average Bonchev–Trinajstić information content (AvgIpc) is 2.84. The smallest absolute Gasteiger partial charge is 0.308 e. The van der Waals surface area contributed by atoms with Gasteiger partial charge < -0.3 is 20.5 Å². The highest BCUT2D eigenvalue weighted by Crippen LogP contribution is 2.14. The highest BCUT2D eigenvalue weighted by atomic mass is 16.5. The molecule has 0 spiro atoms. The molecule has 1 fully saturated rings. The fourth-order valence-corrected chi connectivity index (χ4v) is 2.10. The highest BCUT2D eigenvalue weighted by Gasteiger charge is 2.33. The monoisotopic (exact) mass is 272 g/mol. The molecule has 6 heteroatoms. The third kappa shape index (κ3) is 4.80. The quantitative estimate of drug-likeness (QED) is 0.588. The van der Waals surface area contributed by atoms with E-state index in [1.54, 1.807) is 6.92 Å². The first-order valence-electron chi connectivity index (χ1n) is 6.91. The first-order valence-corrected chi connectivity index (χ1v) is 6.91. The van der Waals surface area contributed by atoms with Crippen LogP contribution in [0.25, 0.3) is 0 Å². The molecule has 0 aromatic heterocycles. The zero-order valence-electron chi connectivity index (χ0n) is 11.6. The van der Waals surface area contributed by atoms with Gasteiger partial charge in [0.1, 0.15) is 0 Å². The molecule has 19 heavy (non-hydrogen) atoms. The maximum atomic E-state index is 12.0. The number of carbonyl (C=O) groups excluding carboxylic acids is 1. The van der Waals surface area contributed by atoms with Gasteiger partial charge in [0.25, 0.3) is 0 Å². The minimum atomic E-state index is -0.869. The predicted molar refractivity (Wildman–Crippen MR) is 70.8 cm³/mol. The lowest BCUT2D eigenvalue weighted by molar-refractivity contribution is -0.141. The van der Waals surface area contributed by atoms with Crippen LogP contribution in [0.1, 0.15) is 26.7 Å². The van der Waals surface area contributed by atoms with Gasteiger partial charge in [-0.15, -0.1) is 0 Å². The van der Waals surface area contributed by atoms with Crippen LogP contribution in [0, 0.1) is 11.8 Å². The van der Waals surface area contributed by atoms with E-state index in [-0.39, 0.29) is 24.4 Å². The summed E-state index contributed by atoms with van der Waals surface area (Å²) in [5.74, 6) is -1.73. The molecule has 0 saturated carbocycles. The summed E-state index contributed by atoms with van der Waals surface area (Å²) in [5, 5.41) is 14.9. The molecule has 0 radical (unpaired) electrons. The zero-order chi connectivity index (χ0) is 14.3. The summed E-state index contributed by atoms with van der Waals surface area (Å²) in [7, 11) is 0. The Balaban J connectivity index is 2.41. The van der Waals surface area contributed by atoms with Crippen LogP contribution in [0.4, 0.5) is 0 Å². The third-order valence-corrected chi connectivity index (χ3v) is 3.44. The van der Waals surface area contributed by atoms with Crippen LogP contribution in [-0.4, -0.2) is 49.3 Å². The number of rotatable bonds is 8.